The molecule has 1 aliphatic carbocycles. The summed E-state index contributed by atoms with van der Waals surface area (Å²) in [5.41, 5.74) is 7.99. The second-order valence-electron chi connectivity index (χ2n) is 5.65. The quantitative estimate of drug-likeness (QED) is 0.716. The molecule has 4 N–H and O–H groups in total. The number of amides is 2. The summed E-state index contributed by atoms with van der Waals surface area (Å²) in [6.45, 7) is 1.89. The molecule has 0 bridgehead atoms. The number of carbonyl (C=O) groups excluding carboxylic acids is 2. The van der Waals surface area contributed by atoms with Crippen LogP contribution in [0.1, 0.15) is 35.2 Å². The lowest BCUT2D eigenvalue weighted by Gasteiger charge is -2.14. The third-order valence-corrected chi connectivity index (χ3v) is 4.28. The molecule has 0 radical (unpaired) electrons. The van der Waals surface area contributed by atoms with Crippen molar-refractivity contribution in [1.29, 1.82) is 0 Å². The molecule has 2 amide bonds. The third-order valence-electron chi connectivity index (χ3n) is 3.64. The molecule has 1 atom stereocenters. The molecular formula is C16H23N3O2S. The summed E-state index contributed by atoms with van der Waals surface area (Å²) < 4.78 is 0. The number of thioether (sulfide) groups is 1. The van der Waals surface area contributed by atoms with E-state index in [-0.39, 0.29) is 11.8 Å². The Hall–Kier alpha value is -1.53. The van der Waals surface area contributed by atoms with Gasteiger partial charge in [-0.2, -0.15) is 11.8 Å². The van der Waals surface area contributed by atoms with E-state index in [1.54, 1.807) is 23.9 Å². The molecule has 1 aromatic rings. The largest absolute Gasteiger partial charge is 0.349 e. The van der Waals surface area contributed by atoms with Gasteiger partial charge in [-0.05, 0) is 55.9 Å². The number of rotatable bonds is 7. The maximum atomic E-state index is 12.1. The van der Waals surface area contributed by atoms with Gasteiger partial charge < -0.3 is 16.4 Å². The maximum absolute atomic E-state index is 12.1. The Labute approximate surface area is 135 Å². The first-order valence-electron chi connectivity index (χ1n) is 7.48. The van der Waals surface area contributed by atoms with Crippen molar-refractivity contribution in [2.24, 2.45) is 5.73 Å². The Bertz CT molecular complexity index is 558. The molecular weight excluding hydrogens is 298 g/mol. The van der Waals surface area contributed by atoms with Crippen LogP contribution in [0.3, 0.4) is 0 Å². The van der Waals surface area contributed by atoms with Gasteiger partial charge in [-0.25, -0.2) is 0 Å². The van der Waals surface area contributed by atoms with E-state index in [9.17, 15) is 9.59 Å². The minimum atomic E-state index is -0.532. The molecule has 22 heavy (non-hydrogen) atoms. The minimum absolute atomic E-state index is 0.0929. The molecule has 1 aromatic carbocycles. The zero-order valence-corrected chi connectivity index (χ0v) is 13.8. The van der Waals surface area contributed by atoms with Crippen molar-refractivity contribution < 1.29 is 9.59 Å². The van der Waals surface area contributed by atoms with Gasteiger partial charge in [-0.15, -0.1) is 0 Å². The average Bonchev–Trinajstić information content (AvgIpc) is 3.30. The van der Waals surface area contributed by atoms with Crippen LogP contribution in [0.25, 0.3) is 0 Å². The molecule has 0 saturated heterocycles. The molecule has 0 unspecified atom stereocenters. The number of hydrogen-bond donors (Lipinski definition) is 3. The van der Waals surface area contributed by atoms with Crippen LogP contribution in [0, 0.1) is 6.92 Å². The number of aryl methyl sites for hydroxylation is 1. The predicted octanol–water partition coefficient (Wildman–Crippen LogP) is 1.91. The third kappa shape index (κ3) is 4.74. The first-order chi connectivity index (χ1) is 10.5. The molecule has 0 spiro atoms. The predicted molar refractivity (Wildman–Crippen MR) is 91.3 cm³/mol. The summed E-state index contributed by atoms with van der Waals surface area (Å²) >= 11 is 1.66. The Morgan fingerprint density at radius 3 is 2.77 bits per heavy atom. The number of carbonyl (C=O) groups is 2. The smallest absolute Gasteiger partial charge is 0.251 e. The Morgan fingerprint density at radius 2 is 2.14 bits per heavy atom. The fraction of sp³-hybridized carbons (Fsp3) is 0.500. The molecule has 120 valence electrons. The van der Waals surface area contributed by atoms with Crippen molar-refractivity contribution >= 4 is 29.3 Å². The number of anilines is 1. The highest BCUT2D eigenvalue weighted by atomic mass is 32.2. The molecule has 2 rings (SSSR count). The van der Waals surface area contributed by atoms with Crippen molar-refractivity contribution in [3.63, 3.8) is 0 Å². The van der Waals surface area contributed by atoms with Crippen molar-refractivity contribution in [3.8, 4) is 0 Å². The zero-order valence-electron chi connectivity index (χ0n) is 13.0. The highest BCUT2D eigenvalue weighted by Crippen LogP contribution is 2.21. The topological polar surface area (TPSA) is 84.2 Å². The lowest BCUT2D eigenvalue weighted by atomic mass is 10.1. The van der Waals surface area contributed by atoms with Crippen LogP contribution in [0.5, 0.6) is 0 Å². The van der Waals surface area contributed by atoms with Crippen LogP contribution in [-0.2, 0) is 4.79 Å². The van der Waals surface area contributed by atoms with Crippen LogP contribution >= 0.6 is 11.8 Å². The van der Waals surface area contributed by atoms with Gasteiger partial charge in [0.2, 0.25) is 5.91 Å². The number of nitrogens with one attached hydrogen (secondary N) is 2. The van der Waals surface area contributed by atoms with Crippen molar-refractivity contribution in [2.75, 3.05) is 17.3 Å². The van der Waals surface area contributed by atoms with Crippen molar-refractivity contribution in [1.82, 2.24) is 5.32 Å². The van der Waals surface area contributed by atoms with E-state index < -0.39 is 6.04 Å². The van der Waals surface area contributed by atoms with Crippen molar-refractivity contribution in [3.05, 3.63) is 29.3 Å². The molecule has 1 saturated carbocycles. The molecule has 0 aliphatic heterocycles. The van der Waals surface area contributed by atoms with Gasteiger partial charge in [0.05, 0.1) is 6.04 Å². The molecule has 0 aromatic heterocycles. The number of nitrogens with two attached hydrogens (primary N) is 1. The second kappa shape index (κ2) is 7.65. The molecule has 5 nitrogen and oxygen atoms in total. The van der Waals surface area contributed by atoms with Gasteiger partial charge in [0.15, 0.2) is 0 Å². The second-order valence-corrected chi connectivity index (χ2v) is 6.64. The van der Waals surface area contributed by atoms with Gasteiger partial charge in [-0.3, -0.25) is 9.59 Å². The molecule has 1 fully saturated rings. The van der Waals surface area contributed by atoms with E-state index in [0.29, 0.717) is 23.7 Å². The first-order valence-corrected chi connectivity index (χ1v) is 8.87. The van der Waals surface area contributed by atoms with Crippen LogP contribution in [0.2, 0.25) is 0 Å². The summed E-state index contributed by atoms with van der Waals surface area (Å²) in [5.74, 6) is 0.541. The van der Waals surface area contributed by atoms with Crippen LogP contribution in [0.15, 0.2) is 18.2 Å². The van der Waals surface area contributed by atoms with Gasteiger partial charge in [-0.1, -0.05) is 6.07 Å². The monoisotopic (exact) mass is 321 g/mol. The van der Waals surface area contributed by atoms with Gasteiger partial charge >= 0.3 is 0 Å². The minimum Gasteiger partial charge on any atom is -0.349 e. The van der Waals surface area contributed by atoms with Gasteiger partial charge in [0.1, 0.15) is 0 Å². The highest BCUT2D eigenvalue weighted by molar-refractivity contribution is 7.98. The van der Waals surface area contributed by atoms with E-state index in [2.05, 4.69) is 10.6 Å². The van der Waals surface area contributed by atoms with E-state index in [1.807, 2.05) is 19.2 Å². The molecule has 0 heterocycles. The molecule has 1 aliphatic rings. The normalized spacial score (nSPS) is 15.2. The summed E-state index contributed by atoms with van der Waals surface area (Å²) in [4.78, 5) is 24.2. The fourth-order valence-corrected chi connectivity index (χ4v) is 2.49. The summed E-state index contributed by atoms with van der Waals surface area (Å²) in [5, 5.41) is 5.77. The lowest BCUT2D eigenvalue weighted by Crippen LogP contribution is -2.36. The highest BCUT2D eigenvalue weighted by Gasteiger charge is 2.24. The number of benzene rings is 1. The Morgan fingerprint density at radius 1 is 1.41 bits per heavy atom. The number of hydrogen-bond acceptors (Lipinski definition) is 4. The van der Waals surface area contributed by atoms with E-state index in [4.69, 9.17) is 5.73 Å². The van der Waals surface area contributed by atoms with Crippen LogP contribution < -0.4 is 16.4 Å². The van der Waals surface area contributed by atoms with E-state index >= 15 is 0 Å². The Kier molecular flexibility index (Phi) is 5.85. The summed E-state index contributed by atoms with van der Waals surface area (Å²) in [6.07, 6.45) is 4.71. The average molecular weight is 321 g/mol. The van der Waals surface area contributed by atoms with Crippen LogP contribution in [-0.4, -0.2) is 35.9 Å². The SMILES string of the molecule is CSCC[C@H](N)C(=O)Nc1cc(C(=O)NC2CC2)ccc1C. The van der Waals surface area contributed by atoms with Crippen molar-refractivity contribution in [2.45, 2.75) is 38.3 Å². The molecule has 6 heteroatoms. The van der Waals surface area contributed by atoms with Gasteiger partial charge in [0, 0.05) is 17.3 Å². The van der Waals surface area contributed by atoms with E-state index in [0.717, 1.165) is 24.2 Å². The first kappa shape index (κ1) is 16.8. The Balaban J connectivity index is 2.02. The summed E-state index contributed by atoms with van der Waals surface area (Å²) in [6, 6.07) is 5.11. The van der Waals surface area contributed by atoms with E-state index in [1.165, 1.54) is 0 Å². The zero-order chi connectivity index (χ0) is 16.1. The standard InChI is InChI=1S/C16H23N3O2S/c1-10-3-4-11(15(20)18-12-5-6-12)9-14(10)19-16(21)13(17)7-8-22-2/h3-4,9,12-13H,5-8,17H2,1-2H3,(H,18,20)(H,19,21)/t13-/m0/s1. The lowest BCUT2D eigenvalue weighted by molar-refractivity contribution is -0.117. The summed E-state index contributed by atoms with van der Waals surface area (Å²) in [7, 11) is 0. The van der Waals surface area contributed by atoms with Gasteiger partial charge in [0.25, 0.3) is 5.91 Å². The van der Waals surface area contributed by atoms with Crippen LogP contribution in [0.4, 0.5) is 5.69 Å². The fourth-order valence-electron chi connectivity index (χ4n) is 2.00. The maximum Gasteiger partial charge on any atom is 0.251 e.